The van der Waals surface area contributed by atoms with Crippen LogP contribution < -0.4 is 16.5 Å². The van der Waals surface area contributed by atoms with Crippen molar-refractivity contribution >= 4 is 28.2 Å². The highest BCUT2D eigenvalue weighted by atomic mass is 19.1. The van der Waals surface area contributed by atoms with E-state index in [0.717, 1.165) is 22.9 Å². The smallest absolute Gasteiger partial charge is 0.341 e. The predicted molar refractivity (Wildman–Crippen MR) is 101 cm³/mol. The number of nitrogens with one attached hydrogen (secondary N) is 1. The topological polar surface area (TPSA) is 118 Å². The molecule has 152 valence electrons. The van der Waals surface area contributed by atoms with Crippen LogP contribution in [0, 0.1) is 24.4 Å². The Morgan fingerprint density at radius 1 is 1.17 bits per heavy atom. The fourth-order valence-electron chi connectivity index (χ4n) is 3.13. The lowest BCUT2D eigenvalue weighted by Crippen LogP contribution is -2.20. The number of aromatic carboxylic acids is 1. The SMILES string of the molecule is Cc1c(NCCO)c(F)cc2c(=O)c(C(=O)O)cn(-c3cc(N)c(F)cc3F)c12. The molecular weight excluding hydrogens is 391 g/mol. The van der Waals surface area contributed by atoms with E-state index in [2.05, 4.69) is 5.32 Å². The zero-order chi connectivity index (χ0) is 21.5. The van der Waals surface area contributed by atoms with Crippen molar-refractivity contribution in [3.63, 3.8) is 0 Å². The van der Waals surface area contributed by atoms with Gasteiger partial charge in [0.1, 0.15) is 23.0 Å². The molecule has 0 saturated heterocycles. The zero-order valence-corrected chi connectivity index (χ0v) is 15.1. The fraction of sp³-hybridized carbons (Fsp3) is 0.158. The predicted octanol–water partition coefficient (Wildman–Crippen LogP) is 2.40. The summed E-state index contributed by atoms with van der Waals surface area (Å²) in [5.41, 5.74) is 3.22. The lowest BCUT2D eigenvalue weighted by Gasteiger charge is -2.19. The average molecular weight is 407 g/mol. The summed E-state index contributed by atoms with van der Waals surface area (Å²) in [5.74, 6) is -4.52. The summed E-state index contributed by atoms with van der Waals surface area (Å²) < 4.78 is 43.7. The number of aromatic nitrogens is 1. The summed E-state index contributed by atoms with van der Waals surface area (Å²) in [6.45, 7) is 1.13. The molecular formula is C19H16F3N3O4. The Morgan fingerprint density at radius 2 is 1.86 bits per heavy atom. The van der Waals surface area contributed by atoms with Gasteiger partial charge in [-0.05, 0) is 24.6 Å². The van der Waals surface area contributed by atoms with Crippen LogP contribution in [0.15, 0.2) is 29.2 Å². The first-order valence-corrected chi connectivity index (χ1v) is 8.38. The van der Waals surface area contributed by atoms with Crippen LogP contribution in [0.25, 0.3) is 16.6 Å². The minimum Gasteiger partial charge on any atom is -0.477 e. The van der Waals surface area contributed by atoms with Gasteiger partial charge in [-0.1, -0.05) is 0 Å². The highest BCUT2D eigenvalue weighted by molar-refractivity contribution is 5.96. The summed E-state index contributed by atoms with van der Waals surface area (Å²) in [6, 6.07) is 2.31. The summed E-state index contributed by atoms with van der Waals surface area (Å²) in [7, 11) is 0. The second kappa shape index (κ2) is 7.47. The first-order valence-electron chi connectivity index (χ1n) is 8.38. The van der Waals surface area contributed by atoms with Crippen LogP contribution in [0.2, 0.25) is 0 Å². The first-order chi connectivity index (χ1) is 13.7. The Bertz CT molecular complexity index is 1210. The second-order valence-corrected chi connectivity index (χ2v) is 6.28. The van der Waals surface area contributed by atoms with Crippen LogP contribution in [-0.4, -0.2) is 33.9 Å². The number of benzene rings is 2. The number of halogens is 3. The van der Waals surface area contributed by atoms with Crippen LogP contribution in [-0.2, 0) is 0 Å². The zero-order valence-electron chi connectivity index (χ0n) is 15.1. The van der Waals surface area contributed by atoms with Gasteiger partial charge in [-0.15, -0.1) is 0 Å². The number of carbonyl (C=O) groups is 1. The number of aliphatic hydroxyl groups is 1. The van der Waals surface area contributed by atoms with Gasteiger partial charge in [-0.3, -0.25) is 4.79 Å². The van der Waals surface area contributed by atoms with E-state index in [1.807, 2.05) is 0 Å². The highest BCUT2D eigenvalue weighted by Gasteiger charge is 2.22. The van der Waals surface area contributed by atoms with Crippen LogP contribution in [0.1, 0.15) is 15.9 Å². The second-order valence-electron chi connectivity index (χ2n) is 6.28. The molecule has 0 bridgehead atoms. The number of fused-ring (bicyclic) bond motifs is 1. The average Bonchev–Trinajstić information content (AvgIpc) is 2.65. The number of nitrogens with two attached hydrogens (primary N) is 1. The van der Waals surface area contributed by atoms with Crippen LogP contribution >= 0.6 is 0 Å². The maximum absolute atomic E-state index is 14.6. The monoisotopic (exact) mass is 407 g/mol. The molecule has 0 aliphatic rings. The van der Waals surface area contributed by atoms with Crippen LogP contribution in [0.5, 0.6) is 0 Å². The summed E-state index contributed by atoms with van der Waals surface area (Å²) in [6.07, 6.45) is 0.878. The number of anilines is 2. The van der Waals surface area contributed by atoms with E-state index in [0.29, 0.717) is 6.07 Å². The van der Waals surface area contributed by atoms with Crippen molar-refractivity contribution in [1.29, 1.82) is 0 Å². The normalized spacial score (nSPS) is 11.1. The van der Waals surface area contributed by atoms with E-state index in [4.69, 9.17) is 10.8 Å². The molecule has 3 aromatic rings. The molecule has 10 heteroatoms. The molecule has 0 atom stereocenters. The molecule has 0 radical (unpaired) electrons. The third kappa shape index (κ3) is 3.38. The molecule has 1 aromatic heterocycles. The third-order valence-electron chi connectivity index (χ3n) is 4.45. The Kier molecular flexibility index (Phi) is 5.21. The number of carboxylic acid groups (broad SMARTS) is 1. The molecule has 0 unspecified atom stereocenters. The number of pyridine rings is 1. The number of aliphatic hydroxyl groups excluding tert-OH is 1. The van der Waals surface area contributed by atoms with Gasteiger partial charge < -0.3 is 25.8 Å². The van der Waals surface area contributed by atoms with Gasteiger partial charge >= 0.3 is 5.97 Å². The van der Waals surface area contributed by atoms with E-state index in [9.17, 15) is 27.9 Å². The summed E-state index contributed by atoms with van der Waals surface area (Å²) in [5, 5.41) is 20.7. The molecule has 1 heterocycles. The van der Waals surface area contributed by atoms with E-state index < -0.39 is 40.1 Å². The number of carboxylic acids is 1. The maximum Gasteiger partial charge on any atom is 0.341 e. The van der Waals surface area contributed by atoms with Gasteiger partial charge in [0.05, 0.1) is 34.6 Å². The molecule has 0 spiro atoms. The Hall–Kier alpha value is -3.53. The van der Waals surface area contributed by atoms with E-state index in [1.54, 1.807) is 0 Å². The number of nitrogens with zero attached hydrogens (tertiary/aromatic N) is 1. The van der Waals surface area contributed by atoms with Gasteiger partial charge in [0.15, 0.2) is 0 Å². The number of hydrogen-bond donors (Lipinski definition) is 4. The van der Waals surface area contributed by atoms with Crippen LogP contribution in [0.3, 0.4) is 0 Å². The van der Waals surface area contributed by atoms with Crippen molar-refractivity contribution in [3.8, 4) is 5.69 Å². The molecule has 0 aliphatic heterocycles. The number of hydrogen-bond acceptors (Lipinski definition) is 5. The van der Waals surface area contributed by atoms with Crippen molar-refractivity contribution in [3.05, 3.63) is 63.2 Å². The Labute approximate surface area is 161 Å². The molecule has 0 fully saturated rings. The quantitative estimate of drug-likeness (QED) is 0.483. The van der Waals surface area contributed by atoms with Gasteiger partial charge in [0.25, 0.3) is 0 Å². The van der Waals surface area contributed by atoms with Gasteiger partial charge in [-0.2, -0.15) is 0 Å². The van der Waals surface area contributed by atoms with E-state index in [1.165, 1.54) is 6.92 Å². The molecule has 0 aliphatic carbocycles. The lowest BCUT2D eigenvalue weighted by atomic mass is 10.0. The molecule has 3 rings (SSSR count). The van der Waals surface area contributed by atoms with Crippen LogP contribution in [0.4, 0.5) is 24.5 Å². The Balaban J connectivity index is 2.51. The highest BCUT2D eigenvalue weighted by Crippen LogP contribution is 2.31. The van der Waals surface area contributed by atoms with Crippen molar-refractivity contribution < 1.29 is 28.2 Å². The minimum absolute atomic E-state index is 0.00142. The fourth-order valence-corrected chi connectivity index (χ4v) is 3.13. The number of rotatable bonds is 5. The van der Waals surface area contributed by atoms with Crippen molar-refractivity contribution in [2.45, 2.75) is 6.92 Å². The van der Waals surface area contributed by atoms with E-state index in [-0.39, 0.29) is 41.0 Å². The summed E-state index contributed by atoms with van der Waals surface area (Å²) in [4.78, 5) is 24.1. The first kappa shape index (κ1) is 20.2. The lowest BCUT2D eigenvalue weighted by molar-refractivity contribution is 0.0695. The molecule has 29 heavy (non-hydrogen) atoms. The van der Waals surface area contributed by atoms with Crippen molar-refractivity contribution in [2.75, 3.05) is 24.2 Å². The Morgan fingerprint density at radius 3 is 2.48 bits per heavy atom. The van der Waals surface area contributed by atoms with Gasteiger partial charge in [0.2, 0.25) is 5.43 Å². The van der Waals surface area contributed by atoms with Gasteiger partial charge in [-0.25, -0.2) is 18.0 Å². The van der Waals surface area contributed by atoms with Crippen molar-refractivity contribution in [1.82, 2.24) is 4.57 Å². The minimum atomic E-state index is -1.60. The number of nitrogen functional groups attached to an aromatic ring is 1. The van der Waals surface area contributed by atoms with Gasteiger partial charge in [0, 0.05) is 18.8 Å². The van der Waals surface area contributed by atoms with Crippen molar-refractivity contribution in [2.24, 2.45) is 0 Å². The third-order valence-corrected chi connectivity index (χ3v) is 4.45. The molecule has 0 amide bonds. The number of aryl methyl sites for hydroxylation is 1. The molecule has 5 N–H and O–H groups in total. The van der Waals surface area contributed by atoms with E-state index >= 15 is 0 Å². The molecule has 7 nitrogen and oxygen atoms in total. The largest absolute Gasteiger partial charge is 0.477 e. The molecule has 2 aromatic carbocycles. The molecule has 0 saturated carbocycles. The standard InChI is InChI=1S/C19H16F3N3O4/c1-8-16(24-2-3-26)13(22)4-9-17(8)25(7-10(18(9)27)19(28)29)15-6-14(23)11(20)5-12(15)21/h4-7,24,26H,2-3,23H2,1H3,(H,28,29). The maximum atomic E-state index is 14.6. The summed E-state index contributed by atoms with van der Waals surface area (Å²) >= 11 is 0.